The summed E-state index contributed by atoms with van der Waals surface area (Å²) in [4.78, 5) is 25.8. The molecule has 2 heterocycles. The minimum absolute atomic E-state index is 0.0876. The van der Waals surface area contributed by atoms with Gasteiger partial charge in [0.25, 0.3) is 5.56 Å². The van der Waals surface area contributed by atoms with Gasteiger partial charge in [0.2, 0.25) is 0 Å². The first-order chi connectivity index (χ1) is 20.0. The smallest absolute Gasteiger partial charge is 0.261 e. The molecule has 2 aromatic carbocycles. The van der Waals surface area contributed by atoms with E-state index in [9.17, 15) is 4.79 Å². The van der Waals surface area contributed by atoms with Gasteiger partial charge in [-0.1, -0.05) is 44.0 Å². The van der Waals surface area contributed by atoms with Gasteiger partial charge in [0.05, 0.1) is 22.0 Å². The lowest BCUT2D eigenvalue weighted by Gasteiger charge is -2.61. The number of anilines is 1. The predicted molar refractivity (Wildman–Crippen MR) is 171 cm³/mol. The monoisotopic (exact) mass is 610 g/mol. The van der Waals surface area contributed by atoms with Crippen molar-refractivity contribution in [1.29, 1.82) is 0 Å². The summed E-state index contributed by atoms with van der Waals surface area (Å²) in [5.41, 5.74) is 1.75. The van der Waals surface area contributed by atoms with Crippen molar-refractivity contribution in [3.8, 4) is 5.75 Å². The van der Waals surface area contributed by atoms with Gasteiger partial charge in [-0.25, -0.2) is 9.98 Å². The largest absolute Gasteiger partial charge is 0.484 e. The topological polar surface area (TPSA) is 83.8 Å². The van der Waals surface area contributed by atoms with Crippen molar-refractivity contribution in [2.24, 2.45) is 35.2 Å². The minimum Gasteiger partial charge on any atom is -0.484 e. The Balaban J connectivity index is 1.29. The number of nitrogens with zero attached hydrogens (tertiary/aromatic N) is 4. The number of fused-ring (bicyclic) bond motifs is 3. The Bertz CT molecular complexity index is 1590. The van der Waals surface area contributed by atoms with Crippen LogP contribution >= 0.6 is 23.2 Å². The molecule has 1 saturated heterocycles. The van der Waals surface area contributed by atoms with Crippen LogP contribution < -0.4 is 20.9 Å². The molecule has 4 fully saturated rings. The Morgan fingerprint density at radius 1 is 1.19 bits per heavy atom. The van der Waals surface area contributed by atoms with Crippen LogP contribution in [0, 0.1) is 23.2 Å². The molecule has 224 valence electrons. The van der Waals surface area contributed by atoms with Crippen LogP contribution in [-0.4, -0.2) is 52.1 Å². The molecule has 3 aliphatic carbocycles. The summed E-state index contributed by atoms with van der Waals surface area (Å²) < 4.78 is 7.43. The molecule has 1 unspecified atom stereocenters. The number of hydrogen-bond donors (Lipinski definition) is 2. The molecule has 10 heteroatoms. The molecular formula is C32H40Cl2N6O2. The number of nitrogens with one attached hydrogen (secondary N) is 2. The molecule has 0 radical (unpaired) electrons. The standard InChI is InChI=1S/C32H40Cl2N6O2/c1-18-16-40(11-10-35-18)31(38-26-13-20-12-24(19(26)2)32(20,3)4)36-22-7-8-23-27(15-22)37-29(39(5)30(23)41)17-42-28-9-6-21(33)14-25(28)34/h6-9,14-15,18-20,24,26,35H,10-13,16-17H2,1-5H3,(H,36,38)/t18-,19-,20-,24+,26?/m0/s1. The Hall–Kier alpha value is -2.81. The number of guanidine groups is 1. The number of halogens is 2. The van der Waals surface area contributed by atoms with E-state index >= 15 is 0 Å². The molecule has 2 N–H and O–H groups in total. The number of hydrogen-bond acceptors (Lipinski definition) is 5. The van der Waals surface area contributed by atoms with Crippen molar-refractivity contribution >= 4 is 45.8 Å². The molecule has 3 saturated carbocycles. The summed E-state index contributed by atoms with van der Waals surface area (Å²) in [7, 11) is 1.70. The van der Waals surface area contributed by atoms with Gasteiger partial charge < -0.3 is 20.3 Å². The van der Waals surface area contributed by atoms with E-state index in [-0.39, 0.29) is 12.2 Å². The molecule has 3 aromatic rings. The highest BCUT2D eigenvalue weighted by atomic mass is 35.5. The second-order valence-corrected chi connectivity index (χ2v) is 13.7. The molecular weight excluding hydrogens is 571 g/mol. The average molecular weight is 612 g/mol. The molecule has 2 bridgehead atoms. The second kappa shape index (κ2) is 11.4. The minimum atomic E-state index is -0.130. The second-order valence-electron chi connectivity index (χ2n) is 12.9. The van der Waals surface area contributed by atoms with Gasteiger partial charge >= 0.3 is 0 Å². The van der Waals surface area contributed by atoms with Crippen LogP contribution in [0.5, 0.6) is 5.75 Å². The van der Waals surface area contributed by atoms with Crippen LogP contribution in [0.25, 0.3) is 10.9 Å². The Morgan fingerprint density at radius 2 is 2.00 bits per heavy atom. The van der Waals surface area contributed by atoms with Gasteiger partial charge in [-0.05, 0) is 79.3 Å². The number of ether oxygens (including phenoxy) is 1. The fourth-order valence-electron chi connectivity index (χ4n) is 7.16. The lowest BCUT2D eigenvalue weighted by molar-refractivity contribution is -0.108. The molecule has 1 aromatic heterocycles. The van der Waals surface area contributed by atoms with Crippen LogP contribution in [0.3, 0.4) is 0 Å². The third-order valence-corrected chi connectivity index (χ3v) is 10.5. The molecule has 8 nitrogen and oxygen atoms in total. The molecule has 42 heavy (non-hydrogen) atoms. The van der Waals surface area contributed by atoms with Gasteiger partial charge in [-0.3, -0.25) is 9.36 Å². The van der Waals surface area contributed by atoms with Crippen molar-refractivity contribution in [3.05, 3.63) is 62.6 Å². The maximum absolute atomic E-state index is 13.2. The summed E-state index contributed by atoms with van der Waals surface area (Å²) in [6.07, 6.45) is 2.46. The summed E-state index contributed by atoms with van der Waals surface area (Å²) in [6.45, 7) is 12.2. The van der Waals surface area contributed by atoms with Gasteiger partial charge in [0.15, 0.2) is 5.96 Å². The van der Waals surface area contributed by atoms with Crippen LogP contribution in [0.15, 0.2) is 46.2 Å². The van der Waals surface area contributed by atoms with Gasteiger partial charge in [0.1, 0.15) is 18.2 Å². The summed E-state index contributed by atoms with van der Waals surface area (Å²) in [5.74, 6) is 3.88. The fourth-order valence-corrected chi connectivity index (χ4v) is 7.62. The number of benzene rings is 2. The summed E-state index contributed by atoms with van der Waals surface area (Å²) >= 11 is 12.3. The number of aromatic nitrogens is 2. The van der Waals surface area contributed by atoms with E-state index in [0.717, 1.165) is 49.5 Å². The van der Waals surface area contributed by atoms with E-state index in [1.807, 2.05) is 18.2 Å². The Kier molecular flexibility index (Phi) is 7.92. The SMILES string of the molecule is C[C@@H]1C(N=C(Nc2ccc3c(=O)n(C)c(COc4ccc(Cl)cc4Cl)nc3c2)N2CCN[C@@H](C)C2)C[C@@H]2C[C@H]1C2(C)C. The maximum Gasteiger partial charge on any atom is 0.261 e. The lowest BCUT2D eigenvalue weighted by atomic mass is 9.45. The zero-order valence-electron chi connectivity index (χ0n) is 25.0. The van der Waals surface area contributed by atoms with E-state index in [1.165, 1.54) is 11.0 Å². The number of piperazine rings is 1. The number of aliphatic imine (C=N–C) groups is 1. The molecule has 1 aliphatic heterocycles. The van der Waals surface area contributed by atoms with E-state index < -0.39 is 0 Å². The molecule has 0 amide bonds. The van der Waals surface area contributed by atoms with Gasteiger partial charge in [-0.15, -0.1) is 0 Å². The van der Waals surface area contributed by atoms with E-state index in [2.05, 4.69) is 43.2 Å². The van der Waals surface area contributed by atoms with Crippen molar-refractivity contribution in [3.63, 3.8) is 0 Å². The Morgan fingerprint density at radius 3 is 2.71 bits per heavy atom. The van der Waals surface area contributed by atoms with Crippen molar-refractivity contribution in [1.82, 2.24) is 19.8 Å². The first-order valence-electron chi connectivity index (χ1n) is 14.9. The van der Waals surface area contributed by atoms with Crippen LogP contribution in [0.4, 0.5) is 5.69 Å². The molecule has 7 rings (SSSR count). The molecule has 0 spiro atoms. The first kappa shape index (κ1) is 29.3. The average Bonchev–Trinajstić information content (AvgIpc) is 2.95. The van der Waals surface area contributed by atoms with Crippen molar-refractivity contribution in [2.45, 2.75) is 59.2 Å². The third-order valence-electron chi connectivity index (χ3n) is 9.95. The highest BCUT2D eigenvalue weighted by Gasteiger charge is 2.56. The van der Waals surface area contributed by atoms with Crippen molar-refractivity contribution < 1.29 is 4.74 Å². The van der Waals surface area contributed by atoms with E-state index in [4.69, 9.17) is 37.9 Å². The fraction of sp³-hybridized carbons (Fsp3) is 0.531. The first-order valence-corrected chi connectivity index (χ1v) is 15.7. The highest BCUT2D eigenvalue weighted by Crippen LogP contribution is 2.61. The Labute approximate surface area is 257 Å². The normalized spacial score (nSPS) is 27.1. The highest BCUT2D eigenvalue weighted by molar-refractivity contribution is 6.35. The third kappa shape index (κ3) is 5.49. The quantitative estimate of drug-likeness (QED) is 0.274. The van der Waals surface area contributed by atoms with Crippen LogP contribution in [0.1, 0.15) is 46.4 Å². The van der Waals surface area contributed by atoms with E-state index in [1.54, 1.807) is 25.2 Å². The summed E-state index contributed by atoms with van der Waals surface area (Å²) in [5, 5.41) is 8.67. The van der Waals surface area contributed by atoms with Gasteiger partial charge in [0, 0.05) is 43.4 Å². The molecule has 4 aliphatic rings. The van der Waals surface area contributed by atoms with E-state index in [0.29, 0.717) is 55.9 Å². The van der Waals surface area contributed by atoms with Crippen LogP contribution in [0.2, 0.25) is 10.0 Å². The van der Waals surface area contributed by atoms with Crippen molar-refractivity contribution in [2.75, 3.05) is 25.0 Å². The lowest BCUT2D eigenvalue weighted by Crippen LogP contribution is -2.57. The maximum atomic E-state index is 13.2. The molecule has 5 atom stereocenters. The van der Waals surface area contributed by atoms with Gasteiger partial charge in [-0.2, -0.15) is 0 Å². The summed E-state index contributed by atoms with van der Waals surface area (Å²) in [6, 6.07) is 11.4. The number of rotatable bonds is 5. The zero-order valence-corrected chi connectivity index (χ0v) is 26.5. The van der Waals surface area contributed by atoms with Crippen LogP contribution in [-0.2, 0) is 13.7 Å². The predicted octanol–water partition coefficient (Wildman–Crippen LogP) is 5.95. The zero-order chi connectivity index (χ0) is 29.8.